The zero-order valence-corrected chi connectivity index (χ0v) is 17.1. The van der Waals surface area contributed by atoms with Gasteiger partial charge in [0.2, 0.25) is 11.2 Å². The van der Waals surface area contributed by atoms with Crippen LogP contribution < -0.4 is 19.6 Å². The van der Waals surface area contributed by atoms with E-state index in [-0.39, 0.29) is 11.2 Å². The average Bonchev–Trinajstić information content (AvgIpc) is 2.75. The summed E-state index contributed by atoms with van der Waals surface area (Å²) in [4.78, 5) is 12.8. The summed E-state index contributed by atoms with van der Waals surface area (Å²) < 4.78 is 23.4. The third kappa shape index (κ3) is 4.27. The number of methoxy groups -OCH3 is 1. The van der Waals surface area contributed by atoms with Crippen molar-refractivity contribution < 1.29 is 18.6 Å². The molecular formula is C23H17BrO5. The summed E-state index contributed by atoms with van der Waals surface area (Å²) in [5.74, 6) is 1.67. The van der Waals surface area contributed by atoms with Crippen molar-refractivity contribution in [1.82, 2.24) is 0 Å². The Morgan fingerprint density at radius 3 is 2.45 bits per heavy atom. The summed E-state index contributed by atoms with van der Waals surface area (Å²) in [7, 11) is 1.54. The van der Waals surface area contributed by atoms with E-state index in [1.807, 2.05) is 30.3 Å². The topological polar surface area (TPSA) is 57.9 Å². The quantitative estimate of drug-likeness (QED) is 0.362. The number of benzene rings is 3. The van der Waals surface area contributed by atoms with Crippen LogP contribution in [0.2, 0.25) is 0 Å². The van der Waals surface area contributed by atoms with Gasteiger partial charge in [-0.25, -0.2) is 0 Å². The fourth-order valence-corrected chi connectivity index (χ4v) is 3.08. The Morgan fingerprint density at radius 1 is 0.931 bits per heavy atom. The van der Waals surface area contributed by atoms with Gasteiger partial charge in [0.25, 0.3) is 0 Å². The van der Waals surface area contributed by atoms with E-state index in [9.17, 15) is 4.79 Å². The van der Waals surface area contributed by atoms with E-state index in [1.54, 1.807) is 43.5 Å². The second-order valence-corrected chi connectivity index (χ2v) is 7.17. The molecule has 4 aromatic rings. The molecular weight excluding hydrogens is 436 g/mol. The lowest BCUT2D eigenvalue weighted by Gasteiger charge is -2.10. The second kappa shape index (κ2) is 8.41. The summed E-state index contributed by atoms with van der Waals surface area (Å²) >= 11 is 3.41. The molecule has 0 saturated carbocycles. The summed E-state index contributed by atoms with van der Waals surface area (Å²) in [6, 6.07) is 20.1. The SMILES string of the molecule is COc1ccccc1Oc1coc2cc(OCc3ccc(Br)cc3)ccc2c1=O. The van der Waals surface area contributed by atoms with Crippen LogP contribution in [0.25, 0.3) is 11.0 Å². The van der Waals surface area contributed by atoms with E-state index in [2.05, 4.69) is 15.9 Å². The van der Waals surface area contributed by atoms with Gasteiger partial charge in [0, 0.05) is 10.5 Å². The summed E-state index contributed by atoms with van der Waals surface area (Å²) in [5, 5.41) is 0.411. The molecule has 146 valence electrons. The Balaban J connectivity index is 1.56. The molecule has 3 aromatic carbocycles. The molecule has 0 spiro atoms. The Bertz CT molecular complexity index is 1200. The normalized spacial score (nSPS) is 10.7. The van der Waals surface area contributed by atoms with Crippen molar-refractivity contribution in [2.75, 3.05) is 7.11 Å². The smallest absolute Gasteiger partial charge is 0.235 e. The highest BCUT2D eigenvalue weighted by Crippen LogP contribution is 2.30. The van der Waals surface area contributed by atoms with E-state index < -0.39 is 0 Å². The van der Waals surface area contributed by atoms with Crippen molar-refractivity contribution in [3.63, 3.8) is 0 Å². The standard InChI is InChI=1S/C23H17BrO5/c1-26-19-4-2-3-5-20(19)29-22-14-28-21-12-17(10-11-18(21)23(22)25)27-13-15-6-8-16(24)9-7-15/h2-12,14H,13H2,1H3. The molecule has 0 amide bonds. The van der Waals surface area contributed by atoms with Crippen LogP contribution in [-0.2, 0) is 6.61 Å². The maximum absolute atomic E-state index is 12.8. The molecule has 0 radical (unpaired) electrons. The molecule has 0 N–H and O–H groups in total. The molecule has 4 rings (SSSR count). The van der Waals surface area contributed by atoms with Crippen LogP contribution in [0.4, 0.5) is 0 Å². The van der Waals surface area contributed by atoms with Crippen molar-refractivity contribution in [3.05, 3.63) is 93.3 Å². The predicted molar refractivity (Wildman–Crippen MR) is 114 cm³/mol. The molecule has 0 atom stereocenters. The predicted octanol–water partition coefficient (Wildman–Crippen LogP) is 5.94. The van der Waals surface area contributed by atoms with Gasteiger partial charge in [-0.3, -0.25) is 4.79 Å². The Labute approximate surface area is 175 Å². The Kier molecular flexibility index (Phi) is 5.53. The first-order valence-electron chi connectivity index (χ1n) is 8.88. The van der Waals surface area contributed by atoms with Gasteiger partial charge in [-0.15, -0.1) is 0 Å². The Morgan fingerprint density at radius 2 is 1.69 bits per heavy atom. The largest absolute Gasteiger partial charge is 0.493 e. The van der Waals surface area contributed by atoms with Gasteiger partial charge >= 0.3 is 0 Å². The minimum absolute atomic E-state index is 0.0885. The molecule has 1 heterocycles. The maximum Gasteiger partial charge on any atom is 0.235 e. The van der Waals surface area contributed by atoms with Gasteiger partial charge in [-0.1, -0.05) is 40.2 Å². The number of hydrogen-bond acceptors (Lipinski definition) is 5. The highest BCUT2D eigenvalue weighted by atomic mass is 79.9. The molecule has 0 aliphatic rings. The van der Waals surface area contributed by atoms with Crippen LogP contribution in [0.3, 0.4) is 0 Å². The van der Waals surface area contributed by atoms with Crippen LogP contribution in [0.15, 0.2) is 86.7 Å². The van der Waals surface area contributed by atoms with Crippen LogP contribution in [0, 0.1) is 0 Å². The summed E-state index contributed by atoms with van der Waals surface area (Å²) in [5.41, 5.74) is 1.20. The molecule has 0 aliphatic heterocycles. The van der Waals surface area contributed by atoms with E-state index >= 15 is 0 Å². The lowest BCUT2D eigenvalue weighted by Crippen LogP contribution is -2.05. The molecule has 29 heavy (non-hydrogen) atoms. The lowest BCUT2D eigenvalue weighted by atomic mass is 10.2. The van der Waals surface area contributed by atoms with Crippen molar-refractivity contribution in [3.8, 4) is 23.0 Å². The lowest BCUT2D eigenvalue weighted by molar-refractivity contribution is 0.306. The van der Waals surface area contributed by atoms with Crippen LogP contribution in [0.5, 0.6) is 23.0 Å². The van der Waals surface area contributed by atoms with Crippen molar-refractivity contribution in [2.24, 2.45) is 0 Å². The van der Waals surface area contributed by atoms with Gasteiger partial charge < -0.3 is 18.6 Å². The minimum atomic E-state index is -0.267. The number of ether oxygens (including phenoxy) is 3. The third-order valence-electron chi connectivity index (χ3n) is 4.32. The summed E-state index contributed by atoms with van der Waals surface area (Å²) in [6.45, 7) is 0.415. The monoisotopic (exact) mass is 452 g/mol. The molecule has 6 heteroatoms. The van der Waals surface area contributed by atoms with Gasteiger partial charge in [-0.05, 0) is 42.0 Å². The number of fused-ring (bicyclic) bond motifs is 1. The molecule has 0 unspecified atom stereocenters. The van der Waals surface area contributed by atoms with E-state index in [0.717, 1.165) is 10.0 Å². The first kappa shape index (κ1) is 19.1. The highest BCUT2D eigenvalue weighted by molar-refractivity contribution is 9.10. The van der Waals surface area contributed by atoms with E-state index in [1.165, 1.54) is 6.26 Å². The van der Waals surface area contributed by atoms with Crippen molar-refractivity contribution in [1.29, 1.82) is 0 Å². The zero-order chi connectivity index (χ0) is 20.2. The molecule has 1 aromatic heterocycles. The van der Waals surface area contributed by atoms with Crippen molar-refractivity contribution >= 4 is 26.9 Å². The zero-order valence-electron chi connectivity index (χ0n) is 15.6. The second-order valence-electron chi connectivity index (χ2n) is 6.26. The molecule has 0 aliphatic carbocycles. The number of halogens is 1. The number of para-hydroxylation sites is 2. The number of hydrogen-bond donors (Lipinski definition) is 0. The summed E-state index contributed by atoms with van der Waals surface area (Å²) in [6.07, 6.45) is 1.30. The highest BCUT2D eigenvalue weighted by Gasteiger charge is 2.12. The van der Waals surface area contributed by atoms with Gasteiger partial charge in [0.15, 0.2) is 11.5 Å². The van der Waals surface area contributed by atoms with Gasteiger partial charge in [0.1, 0.15) is 24.2 Å². The average molecular weight is 453 g/mol. The maximum atomic E-state index is 12.8. The Hall–Kier alpha value is -3.25. The van der Waals surface area contributed by atoms with Crippen molar-refractivity contribution in [2.45, 2.75) is 6.61 Å². The molecule has 0 saturated heterocycles. The van der Waals surface area contributed by atoms with Crippen LogP contribution >= 0.6 is 15.9 Å². The minimum Gasteiger partial charge on any atom is -0.493 e. The van der Waals surface area contributed by atoms with Gasteiger partial charge in [0.05, 0.1) is 12.5 Å². The van der Waals surface area contributed by atoms with E-state index in [4.69, 9.17) is 18.6 Å². The first-order valence-corrected chi connectivity index (χ1v) is 9.67. The third-order valence-corrected chi connectivity index (χ3v) is 4.85. The molecule has 0 fully saturated rings. The fraction of sp³-hybridized carbons (Fsp3) is 0.0870. The molecule has 0 bridgehead atoms. The number of rotatable bonds is 6. The molecule has 5 nitrogen and oxygen atoms in total. The van der Waals surface area contributed by atoms with Crippen LogP contribution in [0.1, 0.15) is 5.56 Å². The van der Waals surface area contributed by atoms with Gasteiger partial charge in [-0.2, -0.15) is 0 Å². The fourth-order valence-electron chi connectivity index (χ4n) is 2.82. The first-order chi connectivity index (χ1) is 14.1. The van der Waals surface area contributed by atoms with E-state index in [0.29, 0.717) is 34.8 Å². The van der Waals surface area contributed by atoms with Crippen LogP contribution in [-0.4, -0.2) is 7.11 Å².